The van der Waals surface area contributed by atoms with Gasteiger partial charge in [-0.25, -0.2) is 13.4 Å². The molecule has 3 aromatic carbocycles. The number of aromatic nitrogens is 2. The number of sulfonamides is 1. The molecule has 0 amide bonds. The van der Waals surface area contributed by atoms with Crippen molar-refractivity contribution in [2.75, 3.05) is 6.54 Å². The van der Waals surface area contributed by atoms with Gasteiger partial charge in [-0.1, -0.05) is 42.5 Å². The van der Waals surface area contributed by atoms with Gasteiger partial charge in [0.05, 0.1) is 29.0 Å². The molecule has 204 valence electrons. The fraction of sp³-hybridized carbons (Fsp3) is 0.138. The third-order valence-electron chi connectivity index (χ3n) is 6.66. The zero-order valence-corrected chi connectivity index (χ0v) is 22.5. The van der Waals surface area contributed by atoms with Crippen LogP contribution in [0.25, 0.3) is 27.0 Å². The normalized spacial score (nSPS) is 12.6. The zero-order chi connectivity index (χ0) is 27.9. The van der Waals surface area contributed by atoms with Gasteiger partial charge in [0.1, 0.15) is 5.76 Å². The number of furan rings is 1. The summed E-state index contributed by atoms with van der Waals surface area (Å²) in [6, 6.07) is 21.3. The summed E-state index contributed by atoms with van der Waals surface area (Å²) in [4.78, 5) is 5.09. The zero-order valence-electron chi connectivity index (χ0n) is 20.9. The van der Waals surface area contributed by atoms with Crippen LogP contribution in [-0.2, 0) is 29.2 Å². The third kappa shape index (κ3) is 5.15. The molecule has 6 rings (SSSR count). The van der Waals surface area contributed by atoms with E-state index in [0.29, 0.717) is 18.2 Å². The van der Waals surface area contributed by atoms with Crippen molar-refractivity contribution in [3.05, 3.63) is 114 Å². The molecule has 0 saturated carbocycles. The quantitative estimate of drug-likeness (QED) is 0.190. The second-order valence-electron chi connectivity index (χ2n) is 9.26. The molecular formula is C29H22F3N3O3S2. The van der Waals surface area contributed by atoms with E-state index in [0.717, 1.165) is 49.1 Å². The molecule has 0 aliphatic heterocycles. The summed E-state index contributed by atoms with van der Waals surface area (Å²) < 4.78 is 75.5. The molecule has 0 fully saturated rings. The highest BCUT2D eigenvalue weighted by atomic mass is 32.2. The standard InChI is InChI=1S/C29H22F3N3O3S2/c30-29(31,32)23-7-3-9-26(16-23)40(36,37)34(17-25-8-4-14-38-25)13-12-24-19-39-28-33-27(18-35(24)28)22-11-10-20-5-1-2-6-21(20)15-22/h1-11,14-16,18-19H,12-13,17H2. The molecular weight excluding hydrogens is 559 g/mol. The lowest BCUT2D eigenvalue weighted by Crippen LogP contribution is -2.32. The maximum absolute atomic E-state index is 13.6. The summed E-state index contributed by atoms with van der Waals surface area (Å²) in [7, 11) is -4.27. The van der Waals surface area contributed by atoms with E-state index in [9.17, 15) is 21.6 Å². The Kier molecular flexibility index (Phi) is 6.73. The fourth-order valence-electron chi connectivity index (χ4n) is 4.58. The number of alkyl halides is 3. The number of hydrogen-bond donors (Lipinski definition) is 0. The lowest BCUT2D eigenvalue weighted by atomic mass is 10.1. The molecule has 0 aliphatic rings. The van der Waals surface area contributed by atoms with Gasteiger partial charge in [0.15, 0.2) is 4.96 Å². The first-order valence-electron chi connectivity index (χ1n) is 12.3. The Balaban J connectivity index is 1.29. The van der Waals surface area contributed by atoms with Gasteiger partial charge in [0, 0.05) is 35.8 Å². The number of rotatable bonds is 8. The largest absolute Gasteiger partial charge is 0.468 e. The van der Waals surface area contributed by atoms with Crippen LogP contribution in [0.3, 0.4) is 0 Å². The van der Waals surface area contributed by atoms with Crippen molar-refractivity contribution in [3.63, 3.8) is 0 Å². The number of imidazole rings is 1. The van der Waals surface area contributed by atoms with E-state index >= 15 is 0 Å². The average molecular weight is 582 g/mol. The first-order chi connectivity index (χ1) is 19.2. The van der Waals surface area contributed by atoms with E-state index in [1.165, 1.54) is 23.7 Å². The third-order valence-corrected chi connectivity index (χ3v) is 9.39. The minimum Gasteiger partial charge on any atom is -0.468 e. The first kappa shape index (κ1) is 26.3. The summed E-state index contributed by atoms with van der Waals surface area (Å²) in [6.07, 6.45) is -1.01. The maximum Gasteiger partial charge on any atom is 0.416 e. The Hall–Kier alpha value is -3.93. The van der Waals surface area contributed by atoms with Crippen molar-refractivity contribution in [1.82, 2.24) is 13.7 Å². The monoisotopic (exact) mass is 581 g/mol. The van der Waals surface area contributed by atoms with Gasteiger partial charge in [-0.15, -0.1) is 11.3 Å². The molecule has 0 aliphatic carbocycles. The van der Waals surface area contributed by atoms with Gasteiger partial charge >= 0.3 is 6.18 Å². The van der Waals surface area contributed by atoms with E-state index in [2.05, 4.69) is 6.07 Å². The molecule has 0 radical (unpaired) electrons. The Morgan fingerprint density at radius 3 is 2.55 bits per heavy atom. The Morgan fingerprint density at radius 2 is 1.77 bits per heavy atom. The van der Waals surface area contributed by atoms with Crippen LogP contribution in [0.1, 0.15) is 17.0 Å². The lowest BCUT2D eigenvalue weighted by Gasteiger charge is -2.22. The Bertz CT molecular complexity index is 1910. The van der Waals surface area contributed by atoms with Crippen molar-refractivity contribution in [2.45, 2.75) is 24.0 Å². The number of fused-ring (bicyclic) bond motifs is 2. The van der Waals surface area contributed by atoms with E-state index in [4.69, 9.17) is 9.40 Å². The van der Waals surface area contributed by atoms with Gasteiger partial charge in [0.25, 0.3) is 0 Å². The second-order valence-corrected chi connectivity index (χ2v) is 12.0. The second kappa shape index (κ2) is 10.2. The molecule has 40 heavy (non-hydrogen) atoms. The minimum atomic E-state index is -4.66. The summed E-state index contributed by atoms with van der Waals surface area (Å²) in [5.41, 5.74) is 1.57. The molecule has 0 atom stereocenters. The highest BCUT2D eigenvalue weighted by Crippen LogP contribution is 2.32. The topological polar surface area (TPSA) is 67.8 Å². The smallest absolute Gasteiger partial charge is 0.416 e. The van der Waals surface area contributed by atoms with Gasteiger partial charge in [0.2, 0.25) is 10.0 Å². The molecule has 0 bridgehead atoms. The highest BCUT2D eigenvalue weighted by molar-refractivity contribution is 7.89. The number of hydrogen-bond acceptors (Lipinski definition) is 5. The molecule has 6 nitrogen and oxygen atoms in total. The van der Waals surface area contributed by atoms with Crippen molar-refractivity contribution in [2.24, 2.45) is 0 Å². The van der Waals surface area contributed by atoms with Gasteiger partial charge < -0.3 is 4.42 Å². The van der Waals surface area contributed by atoms with Crippen molar-refractivity contribution in [1.29, 1.82) is 0 Å². The molecule has 0 unspecified atom stereocenters. The fourth-order valence-corrected chi connectivity index (χ4v) is 6.94. The number of benzene rings is 3. The first-order valence-corrected chi connectivity index (χ1v) is 14.6. The SMILES string of the molecule is O=S(=O)(c1cccc(C(F)(F)F)c1)N(CCc1csc2nc(-c3ccc4ccccc4c3)cn12)Cc1ccco1. The van der Waals surface area contributed by atoms with Crippen LogP contribution in [0.5, 0.6) is 0 Å². The summed E-state index contributed by atoms with van der Waals surface area (Å²) in [6.45, 7) is -0.0975. The van der Waals surface area contributed by atoms with E-state index in [-0.39, 0.29) is 13.1 Å². The van der Waals surface area contributed by atoms with Crippen molar-refractivity contribution < 1.29 is 26.0 Å². The predicted molar refractivity (Wildman–Crippen MR) is 147 cm³/mol. The van der Waals surface area contributed by atoms with Gasteiger partial charge in [-0.3, -0.25) is 4.40 Å². The molecule has 3 aromatic heterocycles. The number of halogens is 3. The minimum absolute atomic E-state index is 0.0224. The Morgan fingerprint density at radius 1 is 0.950 bits per heavy atom. The number of nitrogens with zero attached hydrogens (tertiary/aromatic N) is 3. The molecule has 6 aromatic rings. The number of thiazole rings is 1. The van der Waals surface area contributed by atoms with Crippen molar-refractivity contribution >= 4 is 37.1 Å². The van der Waals surface area contributed by atoms with E-state index in [1.54, 1.807) is 12.1 Å². The summed E-state index contributed by atoms with van der Waals surface area (Å²) in [5, 5.41) is 4.14. The average Bonchev–Trinajstić information content (AvgIpc) is 3.69. The predicted octanol–water partition coefficient (Wildman–Crippen LogP) is 7.26. The van der Waals surface area contributed by atoms with Crippen LogP contribution < -0.4 is 0 Å². The van der Waals surface area contributed by atoms with Crippen LogP contribution in [-0.4, -0.2) is 28.7 Å². The van der Waals surface area contributed by atoms with Gasteiger partial charge in [-0.05, 0) is 47.2 Å². The highest BCUT2D eigenvalue weighted by Gasteiger charge is 2.33. The molecule has 0 saturated heterocycles. The van der Waals surface area contributed by atoms with Crippen LogP contribution in [0.2, 0.25) is 0 Å². The van der Waals surface area contributed by atoms with E-state index < -0.39 is 26.7 Å². The van der Waals surface area contributed by atoms with Crippen LogP contribution in [0.15, 0.2) is 106 Å². The molecule has 0 spiro atoms. The molecule has 0 N–H and O–H groups in total. The van der Waals surface area contributed by atoms with Crippen LogP contribution in [0, 0.1) is 0 Å². The van der Waals surface area contributed by atoms with Crippen LogP contribution >= 0.6 is 11.3 Å². The van der Waals surface area contributed by atoms with Gasteiger partial charge in [-0.2, -0.15) is 17.5 Å². The van der Waals surface area contributed by atoms with E-state index in [1.807, 2.05) is 52.4 Å². The molecule has 11 heteroatoms. The maximum atomic E-state index is 13.6. The lowest BCUT2D eigenvalue weighted by molar-refractivity contribution is -0.137. The summed E-state index contributed by atoms with van der Waals surface area (Å²) in [5.74, 6) is 0.382. The van der Waals surface area contributed by atoms with Crippen molar-refractivity contribution in [3.8, 4) is 11.3 Å². The molecule has 3 heterocycles. The summed E-state index contributed by atoms with van der Waals surface area (Å²) >= 11 is 1.44. The van der Waals surface area contributed by atoms with Crippen LogP contribution in [0.4, 0.5) is 13.2 Å². The Labute approximate surface area is 232 Å².